The summed E-state index contributed by atoms with van der Waals surface area (Å²) in [6.07, 6.45) is 1.02. The summed E-state index contributed by atoms with van der Waals surface area (Å²) in [4.78, 5) is 0. The highest BCUT2D eigenvalue weighted by Gasteiger charge is 2.11. The predicted octanol–water partition coefficient (Wildman–Crippen LogP) is 4.62. The van der Waals surface area contributed by atoms with Crippen LogP contribution >= 0.6 is 49.9 Å². The second-order valence-corrected chi connectivity index (χ2v) is 7.58. The lowest BCUT2D eigenvalue weighted by Crippen LogP contribution is -2.18. The van der Waals surface area contributed by atoms with Gasteiger partial charge >= 0.3 is 0 Å². The Labute approximate surface area is 128 Å². The van der Waals surface area contributed by atoms with E-state index in [1.807, 2.05) is 7.05 Å². The summed E-state index contributed by atoms with van der Waals surface area (Å²) >= 11 is 7.63. The van der Waals surface area contributed by atoms with Crippen molar-refractivity contribution in [2.75, 3.05) is 7.05 Å². The molecule has 1 aromatic carbocycles. The van der Waals surface area contributed by atoms with Crippen molar-refractivity contribution in [3.63, 3.8) is 0 Å². The molecule has 0 aliphatic rings. The van der Waals surface area contributed by atoms with Crippen LogP contribution in [0.25, 0.3) is 0 Å². The van der Waals surface area contributed by atoms with Crippen molar-refractivity contribution in [3.05, 3.63) is 54.2 Å². The van der Waals surface area contributed by atoms with Gasteiger partial charge in [0, 0.05) is 10.5 Å². The van der Waals surface area contributed by atoms with Gasteiger partial charge in [0.1, 0.15) is 0 Å². The highest BCUT2D eigenvalue weighted by Crippen LogP contribution is 2.25. The zero-order valence-electron chi connectivity index (χ0n) is 9.41. The monoisotopic (exact) mass is 421 g/mol. The number of hydrogen-bond donors (Lipinski definition) is 1. The van der Waals surface area contributed by atoms with E-state index >= 15 is 0 Å². The molecule has 17 heavy (non-hydrogen) atoms. The second kappa shape index (κ2) is 6.31. The van der Waals surface area contributed by atoms with Gasteiger partial charge in [0.05, 0.1) is 2.88 Å². The fourth-order valence-electron chi connectivity index (χ4n) is 1.75. The molecule has 1 nitrogen and oxygen atoms in total. The molecule has 0 bridgehead atoms. The highest BCUT2D eigenvalue weighted by atomic mass is 127. The Morgan fingerprint density at radius 3 is 2.59 bits per heavy atom. The molecule has 0 amide bonds. The normalized spacial score (nSPS) is 12.6. The molecule has 1 heterocycles. The van der Waals surface area contributed by atoms with E-state index in [0.29, 0.717) is 6.04 Å². The summed E-state index contributed by atoms with van der Waals surface area (Å²) in [6.45, 7) is 0. The van der Waals surface area contributed by atoms with Crippen LogP contribution in [-0.2, 0) is 6.42 Å². The minimum Gasteiger partial charge on any atom is -0.313 e. The summed E-state index contributed by atoms with van der Waals surface area (Å²) in [5, 5.41) is 5.62. The van der Waals surface area contributed by atoms with Crippen LogP contribution in [-0.4, -0.2) is 7.05 Å². The molecule has 0 saturated carbocycles. The number of benzene rings is 1. The van der Waals surface area contributed by atoms with Crippen molar-refractivity contribution in [2.24, 2.45) is 0 Å². The Morgan fingerprint density at radius 1 is 1.35 bits per heavy atom. The molecule has 0 spiro atoms. The maximum absolute atomic E-state index is 3.46. The van der Waals surface area contributed by atoms with Crippen LogP contribution in [0.2, 0.25) is 0 Å². The average molecular weight is 422 g/mol. The lowest BCUT2D eigenvalue weighted by atomic mass is 10.0. The highest BCUT2D eigenvalue weighted by molar-refractivity contribution is 14.1. The maximum atomic E-state index is 3.46. The van der Waals surface area contributed by atoms with Crippen LogP contribution in [0.5, 0.6) is 0 Å². The van der Waals surface area contributed by atoms with Crippen molar-refractivity contribution in [1.29, 1.82) is 0 Å². The third-order valence-corrected chi connectivity index (χ3v) is 5.03. The zero-order valence-corrected chi connectivity index (χ0v) is 14.0. The number of halogens is 2. The number of likely N-dealkylation sites (N-methyl/N-ethyl adjacent to an activating group) is 1. The first kappa shape index (κ1) is 13.5. The van der Waals surface area contributed by atoms with Crippen LogP contribution in [0, 0.1) is 2.88 Å². The van der Waals surface area contributed by atoms with Crippen molar-refractivity contribution in [2.45, 2.75) is 12.5 Å². The quantitative estimate of drug-likeness (QED) is 0.710. The van der Waals surface area contributed by atoms with Gasteiger partial charge in [-0.1, -0.05) is 28.1 Å². The van der Waals surface area contributed by atoms with Crippen molar-refractivity contribution in [3.8, 4) is 0 Å². The summed E-state index contributed by atoms with van der Waals surface area (Å²) in [5.74, 6) is 0. The van der Waals surface area contributed by atoms with E-state index in [-0.39, 0.29) is 0 Å². The Morgan fingerprint density at radius 2 is 2.06 bits per heavy atom. The number of thiophene rings is 1. The maximum Gasteiger partial charge on any atom is 0.0656 e. The molecular formula is C13H13BrINS. The van der Waals surface area contributed by atoms with Gasteiger partial charge in [0.15, 0.2) is 0 Å². The minimum atomic E-state index is 0.399. The summed E-state index contributed by atoms with van der Waals surface area (Å²) in [7, 11) is 2.02. The van der Waals surface area contributed by atoms with E-state index in [4.69, 9.17) is 0 Å². The Hall–Kier alpha value is 0.0900. The lowest BCUT2D eigenvalue weighted by molar-refractivity contribution is 0.594. The SMILES string of the molecule is CNC(Cc1ccc(Br)cc1)c1csc(I)c1. The van der Waals surface area contributed by atoms with Gasteiger partial charge in [-0.15, -0.1) is 11.3 Å². The molecule has 2 rings (SSSR count). The van der Waals surface area contributed by atoms with Crippen molar-refractivity contribution in [1.82, 2.24) is 5.32 Å². The fourth-order valence-corrected chi connectivity index (χ4v) is 3.44. The first-order valence-electron chi connectivity index (χ1n) is 5.34. The molecule has 0 aliphatic heterocycles. The average Bonchev–Trinajstić information content (AvgIpc) is 2.75. The molecule has 1 aromatic heterocycles. The van der Waals surface area contributed by atoms with Crippen LogP contribution < -0.4 is 5.32 Å². The van der Waals surface area contributed by atoms with Gasteiger partial charge in [-0.05, 0) is 70.8 Å². The van der Waals surface area contributed by atoms with Crippen LogP contribution in [0.3, 0.4) is 0 Å². The third kappa shape index (κ3) is 3.77. The van der Waals surface area contributed by atoms with Gasteiger partial charge in [0.2, 0.25) is 0 Å². The molecule has 1 N–H and O–H groups in total. The smallest absolute Gasteiger partial charge is 0.0656 e. The Bertz CT molecular complexity index is 480. The van der Waals surface area contributed by atoms with Crippen LogP contribution in [0.4, 0.5) is 0 Å². The van der Waals surface area contributed by atoms with Crippen LogP contribution in [0.15, 0.2) is 40.2 Å². The molecule has 0 aliphatic carbocycles. The Balaban J connectivity index is 2.12. The first-order chi connectivity index (χ1) is 8.19. The molecule has 0 fully saturated rings. The van der Waals surface area contributed by atoms with Crippen molar-refractivity contribution >= 4 is 49.9 Å². The molecule has 1 atom stereocenters. The molecule has 90 valence electrons. The molecule has 4 heteroatoms. The van der Waals surface area contributed by atoms with E-state index in [0.717, 1.165) is 10.9 Å². The van der Waals surface area contributed by atoms with Crippen LogP contribution in [0.1, 0.15) is 17.2 Å². The lowest BCUT2D eigenvalue weighted by Gasteiger charge is -2.15. The standard InChI is InChI=1S/C13H13BrINS/c1-16-12(10-7-13(15)17-8-10)6-9-2-4-11(14)5-3-9/h2-5,7-8,12,16H,6H2,1H3. The number of rotatable bonds is 4. The largest absolute Gasteiger partial charge is 0.313 e. The van der Waals surface area contributed by atoms with Gasteiger partial charge in [-0.3, -0.25) is 0 Å². The van der Waals surface area contributed by atoms with Gasteiger partial charge < -0.3 is 5.32 Å². The zero-order chi connectivity index (χ0) is 12.3. The van der Waals surface area contributed by atoms with Gasteiger partial charge in [0.25, 0.3) is 0 Å². The summed E-state index contributed by atoms with van der Waals surface area (Å²) in [6, 6.07) is 11.2. The molecular weight excluding hydrogens is 409 g/mol. The molecule has 0 radical (unpaired) electrons. The predicted molar refractivity (Wildman–Crippen MR) is 86.7 cm³/mol. The first-order valence-corrected chi connectivity index (χ1v) is 8.10. The molecule has 0 saturated heterocycles. The van der Waals surface area contributed by atoms with E-state index in [1.54, 1.807) is 11.3 Å². The van der Waals surface area contributed by atoms with E-state index < -0.39 is 0 Å². The number of nitrogens with one attached hydrogen (secondary N) is 1. The van der Waals surface area contributed by atoms with Crippen molar-refractivity contribution < 1.29 is 0 Å². The van der Waals surface area contributed by atoms with Gasteiger partial charge in [-0.25, -0.2) is 0 Å². The van der Waals surface area contributed by atoms with E-state index in [9.17, 15) is 0 Å². The van der Waals surface area contributed by atoms with E-state index in [2.05, 4.69) is 79.5 Å². The topological polar surface area (TPSA) is 12.0 Å². The molecule has 2 aromatic rings. The third-order valence-electron chi connectivity index (χ3n) is 2.69. The van der Waals surface area contributed by atoms with E-state index in [1.165, 1.54) is 14.0 Å². The summed E-state index contributed by atoms with van der Waals surface area (Å²) < 4.78 is 2.47. The second-order valence-electron chi connectivity index (χ2n) is 3.86. The number of hydrogen-bond acceptors (Lipinski definition) is 2. The summed E-state index contributed by atoms with van der Waals surface area (Å²) in [5.41, 5.74) is 2.73. The minimum absolute atomic E-state index is 0.399. The Kier molecular flexibility index (Phi) is 5.02. The fraction of sp³-hybridized carbons (Fsp3) is 0.231. The van der Waals surface area contributed by atoms with Gasteiger partial charge in [-0.2, -0.15) is 0 Å². The molecule has 1 unspecified atom stereocenters.